The highest BCUT2D eigenvalue weighted by Gasteiger charge is 2.34. The molecule has 2 bridgehead atoms. The second-order valence-electron chi connectivity index (χ2n) is 4.36. The second-order valence-corrected chi connectivity index (χ2v) is 4.36. The van der Waals surface area contributed by atoms with Crippen molar-refractivity contribution in [1.82, 2.24) is 5.32 Å². The van der Waals surface area contributed by atoms with Crippen molar-refractivity contribution in [1.29, 1.82) is 0 Å². The van der Waals surface area contributed by atoms with Crippen molar-refractivity contribution in [3.63, 3.8) is 0 Å². The molecule has 1 aromatic rings. The molecular formula is C11H15NO. The van der Waals surface area contributed by atoms with Gasteiger partial charge in [0.2, 0.25) is 0 Å². The normalized spacial score (nSPS) is 38.0. The standard InChI is InChI=1S/C11H15NO/c1-2-11-6-9(5-10(1)12-11)8-3-4-13-7-8/h3-4,7,9-12H,1-2,5-6H2/t9-,10+,11-. The Kier molecular flexibility index (Phi) is 1.69. The van der Waals surface area contributed by atoms with Gasteiger partial charge in [0, 0.05) is 12.1 Å². The van der Waals surface area contributed by atoms with Gasteiger partial charge in [-0.1, -0.05) is 0 Å². The third-order valence-corrected chi connectivity index (χ3v) is 3.49. The summed E-state index contributed by atoms with van der Waals surface area (Å²) in [5.41, 5.74) is 1.40. The van der Waals surface area contributed by atoms with Gasteiger partial charge in [0.25, 0.3) is 0 Å². The lowest BCUT2D eigenvalue weighted by Gasteiger charge is -2.28. The van der Waals surface area contributed by atoms with Crippen LogP contribution in [0.3, 0.4) is 0 Å². The van der Waals surface area contributed by atoms with E-state index in [0.717, 1.165) is 18.0 Å². The van der Waals surface area contributed by atoms with Gasteiger partial charge in [-0.05, 0) is 43.2 Å². The fourth-order valence-electron chi connectivity index (χ4n) is 2.84. The van der Waals surface area contributed by atoms with Crippen LogP contribution in [-0.2, 0) is 0 Å². The summed E-state index contributed by atoms with van der Waals surface area (Å²) < 4.78 is 5.14. The number of hydrogen-bond donors (Lipinski definition) is 1. The van der Waals surface area contributed by atoms with Gasteiger partial charge in [-0.15, -0.1) is 0 Å². The van der Waals surface area contributed by atoms with E-state index in [0.29, 0.717) is 0 Å². The van der Waals surface area contributed by atoms with Gasteiger partial charge >= 0.3 is 0 Å². The third kappa shape index (κ3) is 1.29. The molecule has 0 radical (unpaired) electrons. The molecule has 0 spiro atoms. The van der Waals surface area contributed by atoms with E-state index < -0.39 is 0 Å². The van der Waals surface area contributed by atoms with Crippen LogP contribution in [-0.4, -0.2) is 12.1 Å². The van der Waals surface area contributed by atoms with Crippen LogP contribution in [0.2, 0.25) is 0 Å². The van der Waals surface area contributed by atoms with Crippen LogP contribution in [0.1, 0.15) is 37.2 Å². The number of nitrogens with one attached hydrogen (secondary N) is 1. The maximum absolute atomic E-state index is 5.14. The Morgan fingerprint density at radius 3 is 2.62 bits per heavy atom. The molecule has 0 amide bonds. The van der Waals surface area contributed by atoms with E-state index in [9.17, 15) is 0 Å². The summed E-state index contributed by atoms with van der Waals surface area (Å²) in [6.07, 6.45) is 9.05. The van der Waals surface area contributed by atoms with Crippen LogP contribution in [0.4, 0.5) is 0 Å². The van der Waals surface area contributed by atoms with Gasteiger partial charge in [0.1, 0.15) is 0 Å². The molecule has 2 fully saturated rings. The largest absolute Gasteiger partial charge is 0.472 e. The molecule has 0 aliphatic carbocycles. The van der Waals surface area contributed by atoms with Crippen molar-refractivity contribution in [2.45, 2.75) is 43.7 Å². The molecule has 3 rings (SSSR count). The summed E-state index contributed by atoms with van der Waals surface area (Å²) in [6, 6.07) is 3.67. The molecule has 3 atom stereocenters. The first-order chi connectivity index (χ1) is 6.42. The first-order valence-corrected chi connectivity index (χ1v) is 5.20. The topological polar surface area (TPSA) is 25.2 Å². The zero-order chi connectivity index (χ0) is 8.67. The van der Waals surface area contributed by atoms with Crippen LogP contribution in [0.5, 0.6) is 0 Å². The molecule has 2 aliphatic rings. The van der Waals surface area contributed by atoms with Crippen molar-refractivity contribution in [3.05, 3.63) is 24.2 Å². The SMILES string of the molecule is c1cc([C@H]2C[C@H]3CC[C@@H](C2)N3)co1. The van der Waals surface area contributed by atoms with Crippen LogP contribution in [0, 0.1) is 0 Å². The maximum atomic E-state index is 5.14. The Bertz CT molecular complexity index is 268. The van der Waals surface area contributed by atoms with E-state index in [2.05, 4.69) is 11.4 Å². The average Bonchev–Trinajstić information content (AvgIpc) is 2.75. The Morgan fingerprint density at radius 1 is 1.23 bits per heavy atom. The first-order valence-electron chi connectivity index (χ1n) is 5.20. The maximum Gasteiger partial charge on any atom is 0.0937 e. The first kappa shape index (κ1) is 7.63. The summed E-state index contributed by atoms with van der Waals surface area (Å²) in [7, 11) is 0. The minimum Gasteiger partial charge on any atom is -0.472 e. The highest BCUT2D eigenvalue weighted by Crippen LogP contribution is 2.37. The molecule has 70 valence electrons. The molecule has 2 nitrogen and oxygen atoms in total. The Labute approximate surface area is 78.3 Å². The van der Waals surface area contributed by atoms with Gasteiger partial charge in [0.05, 0.1) is 12.5 Å². The smallest absolute Gasteiger partial charge is 0.0937 e. The monoisotopic (exact) mass is 177 g/mol. The highest BCUT2D eigenvalue weighted by atomic mass is 16.3. The lowest BCUT2D eigenvalue weighted by atomic mass is 9.88. The molecule has 0 aromatic carbocycles. The van der Waals surface area contributed by atoms with Crippen molar-refractivity contribution in [3.8, 4) is 0 Å². The number of hydrogen-bond acceptors (Lipinski definition) is 2. The second kappa shape index (κ2) is 2.88. The minimum atomic E-state index is 0.748. The molecule has 1 aromatic heterocycles. The van der Waals surface area contributed by atoms with E-state index in [1.807, 2.05) is 6.26 Å². The summed E-state index contributed by atoms with van der Waals surface area (Å²) in [6.45, 7) is 0. The fourth-order valence-corrected chi connectivity index (χ4v) is 2.84. The number of piperidine rings is 1. The van der Waals surface area contributed by atoms with Crippen LogP contribution in [0.25, 0.3) is 0 Å². The van der Waals surface area contributed by atoms with E-state index in [1.54, 1.807) is 6.26 Å². The zero-order valence-corrected chi connectivity index (χ0v) is 7.70. The Balaban J connectivity index is 1.80. The van der Waals surface area contributed by atoms with Crippen LogP contribution < -0.4 is 5.32 Å². The van der Waals surface area contributed by atoms with E-state index in [1.165, 1.54) is 31.2 Å². The quantitative estimate of drug-likeness (QED) is 0.712. The lowest BCUT2D eigenvalue weighted by molar-refractivity contribution is 0.361. The predicted octanol–water partition coefficient (Wildman–Crippen LogP) is 2.28. The number of fused-ring (bicyclic) bond motifs is 2. The summed E-state index contributed by atoms with van der Waals surface area (Å²) >= 11 is 0. The molecule has 13 heavy (non-hydrogen) atoms. The average molecular weight is 177 g/mol. The predicted molar refractivity (Wildman–Crippen MR) is 50.6 cm³/mol. The van der Waals surface area contributed by atoms with E-state index in [4.69, 9.17) is 4.42 Å². The number of rotatable bonds is 1. The van der Waals surface area contributed by atoms with Gasteiger partial charge in [0.15, 0.2) is 0 Å². The third-order valence-electron chi connectivity index (χ3n) is 3.49. The van der Waals surface area contributed by atoms with E-state index in [-0.39, 0.29) is 0 Å². The molecule has 1 N–H and O–H groups in total. The van der Waals surface area contributed by atoms with Gasteiger partial charge in [-0.25, -0.2) is 0 Å². The minimum absolute atomic E-state index is 0.748. The summed E-state index contributed by atoms with van der Waals surface area (Å²) in [5, 5.41) is 3.65. The Hall–Kier alpha value is -0.760. The molecule has 0 unspecified atom stereocenters. The summed E-state index contributed by atoms with van der Waals surface area (Å²) in [4.78, 5) is 0. The molecule has 2 saturated heterocycles. The van der Waals surface area contributed by atoms with Gasteiger partial charge in [-0.3, -0.25) is 0 Å². The molecule has 3 heterocycles. The Morgan fingerprint density at radius 2 is 2.00 bits per heavy atom. The lowest BCUT2D eigenvalue weighted by Crippen LogP contribution is -2.37. The highest BCUT2D eigenvalue weighted by molar-refractivity contribution is 5.16. The molecular weight excluding hydrogens is 162 g/mol. The zero-order valence-electron chi connectivity index (χ0n) is 7.70. The van der Waals surface area contributed by atoms with Gasteiger partial charge in [-0.2, -0.15) is 0 Å². The van der Waals surface area contributed by atoms with Crippen molar-refractivity contribution < 1.29 is 4.42 Å². The van der Waals surface area contributed by atoms with E-state index >= 15 is 0 Å². The van der Waals surface area contributed by atoms with Crippen molar-refractivity contribution >= 4 is 0 Å². The fraction of sp³-hybridized carbons (Fsp3) is 0.636. The van der Waals surface area contributed by atoms with Crippen LogP contribution in [0.15, 0.2) is 23.0 Å². The van der Waals surface area contributed by atoms with Crippen molar-refractivity contribution in [2.75, 3.05) is 0 Å². The van der Waals surface area contributed by atoms with Gasteiger partial charge < -0.3 is 9.73 Å². The number of furan rings is 1. The molecule has 0 saturated carbocycles. The molecule has 2 heteroatoms. The van der Waals surface area contributed by atoms with Crippen molar-refractivity contribution in [2.24, 2.45) is 0 Å². The van der Waals surface area contributed by atoms with Crippen LogP contribution >= 0.6 is 0 Å². The summed E-state index contributed by atoms with van der Waals surface area (Å²) in [5.74, 6) is 0.748. The molecule has 2 aliphatic heterocycles.